The fourth-order valence-electron chi connectivity index (χ4n) is 1.71. The van der Waals surface area contributed by atoms with Crippen molar-refractivity contribution in [3.63, 3.8) is 0 Å². The molecule has 1 nitrogen and oxygen atoms in total. The zero-order valence-electron chi connectivity index (χ0n) is 9.81. The molecule has 1 unspecified atom stereocenters. The van der Waals surface area contributed by atoms with Crippen molar-refractivity contribution in [3.05, 3.63) is 12.7 Å². The molecule has 1 aliphatic rings. The second-order valence-electron chi connectivity index (χ2n) is 4.97. The molecule has 0 aromatic rings. The SMILES string of the molecule is C=CC(C)(CCCCC)CNC1CC1. The van der Waals surface area contributed by atoms with Gasteiger partial charge in [-0.1, -0.05) is 39.2 Å². The highest BCUT2D eigenvalue weighted by Gasteiger charge is 2.25. The van der Waals surface area contributed by atoms with Gasteiger partial charge >= 0.3 is 0 Å². The van der Waals surface area contributed by atoms with Crippen LogP contribution in [-0.2, 0) is 0 Å². The van der Waals surface area contributed by atoms with Crippen LogP contribution < -0.4 is 5.32 Å². The molecule has 1 aliphatic carbocycles. The van der Waals surface area contributed by atoms with Gasteiger partial charge in [0.15, 0.2) is 0 Å². The summed E-state index contributed by atoms with van der Waals surface area (Å²) >= 11 is 0. The van der Waals surface area contributed by atoms with Gasteiger partial charge in [-0.25, -0.2) is 0 Å². The van der Waals surface area contributed by atoms with Gasteiger partial charge in [0, 0.05) is 12.6 Å². The monoisotopic (exact) mass is 195 g/mol. The van der Waals surface area contributed by atoms with Gasteiger partial charge in [-0.3, -0.25) is 0 Å². The molecule has 1 N–H and O–H groups in total. The molecule has 14 heavy (non-hydrogen) atoms. The Morgan fingerprint density at radius 2 is 2.14 bits per heavy atom. The van der Waals surface area contributed by atoms with E-state index < -0.39 is 0 Å². The molecule has 0 aromatic carbocycles. The highest BCUT2D eigenvalue weighted by Crippen LogP contribution is 2.27. The van der Waals surface area contributed by atoms with E-state index in [0.29, 0.717) is 5.41 Å². The summed E-state index contributed by atoms with van der Waals surface area (Å²) in [4.78, 5) is 0. The Bertz CT molecular complexity index is 172. The van der Waals surface area contributed by atoms with Crippen LogP contribution in [0, 0.1) is 5.41 Å². The second-order valence-corrected chi connectivity index (χ2v) is 4.97. The first-order valence-corrected chi connectivity index (χ1v) is 6.07. The predicted molar refractivity (Wildman–Crippen MR) is 63.5 cm³/mol. The largest absolute Gasteiger partial charge is 0.313 e. The van der Waals surface area contributed by atoms with E-state index >= 15 is 0 Å². The lowest BCUT2D eigenvalue weighted by Gasteiger charge is -2.26. The fraction of sp³-hybridized carbons (Fsp3) is 0.846. The third-order valence-corrected chi connectivity index (χ3v) is 3.22. The lowest BCUT2D eigenvalue weighted by molar-refractivity contribution is 0.348. The maximum absolute atomic E-state index is 3.97. The van der Waals surface area contributed by atoms with Crippen LogP contribution in [0.25, 0.3) is 0 Å². The van der Waals surface area contributed by atoms with Crippen molar-refractivity contribution in [2.75, 3.05) is 6.54 Å². The third kappa shape index (κ3) is 4.28. The highest BCUT2D eigenvalue weighted by atomic mass is 15.0. The molecular formula is C13H25N. The quantitative estimate of drug-likeness (QED) is 0.461. The van der Waals surface area contributed by atoms with Crippen LogP contribution in [0.15, 0.2) is 12.7 Å². The number of rotatable bonds is 8. The number of hydrogen-bond donors (Lipinski definition) is 1. The van der Waals surface area contributed by atoms with E-state index in [9.17, 15) is 0 Å². The third-order valence-electron chi connectivity index (χ3n) is 3.22. The van der Waals surface area contributed by atoms with Gasteiger partial charge in [0.25, 0.3) is 0 Å². The zero-order chi connectivity index (χ0) is 10.4. The van der Waals surface area contributed by atoms with Crippen LogP contribution in [-0.4, -0.2) is 12.6 Å². The minimum absolute atomic E-state index is 0.317. The van der Waals surface area contributed by atoms with Crippen molar-refractivity contribution in [1.29, 1.82) is 0 Å². The Labute approximate surface area is 89.0 Å². The number of nitrogens with one attached hydrogen (secondary N) is 1. The van der Waals surface area contributed by atoms with E-state index in [1.165, 1.54) is 38.5 Å². The summed E-state index contributed by atoms with van der Waals surface area (Å²) in [5, 5.41) is 3.60. The van der Waals surface area contributed by atoms with Crippen molar-refractivity contribution in [3.8, 4) is 0 Å². The molecule has 1 atom stereocenters. The predicted octanol–water partition coefficient (Wildman–Crippen LogP) is 3.51. The van der Waals surface area contributed by atoms with Crippen molar-refractivity contribution < 1.29 is 0 Å². The highest BCUT2D eigenvalue weighted by molar-refractivity contribution is 4.95. The first-order valence-electron chi connectivity index (χ1n) is 6.07. The van der Waals surface area contributed by atoms with Crippen LogP contribution in [0.2, 0.25) is 0 Å². The van der Waals surface area contributed by atoms with E-state index in [0.717, 1.165) is 12.6 Å². The average Bonchev–Trinajstić information content (AvgIpc) is 2.99. The van der Waals surface area contributed by atoms with Gasteiger partial charge < -0.3 is 5.32 Å². The van der Waals surface area contributed by atoms with Crippen LogP contribution in [0.3, 0.4) is 0 Å². The normalized spacial score (nSPS) is 20.4. The summed E-state index contributed by atoms with van der Waals surface area (Å²) in [6.45, 7) is 9.67. The standard InChI is InChI=1S/C13H25N/c1-4-6-7-10-13(3,5-2)11-14-12-8-9-12/h5,12,14H,2,4,6-11H2,1,3H3. The fourth-order valence-corrected chi connectivity index (χ4v) is 1.71. The Hall–Kier alpha value is -0.300. The lowest BCUT2D eigenvalue weighted by atomic mass is 9.84. The van der Waals surface area contributed by atoms with E-state index in [-0.39, 0.29) is 0 Å². The zero-order valence-corrected chi connectivity index (χ0v) is 9.81. The Morgan fingerprint density at radius 3 is 2.64 bits per heavy atom. The minimum Gasteiger partial charge on any atom is -0.313 e. The Kier molecular flexibility index (Phi) is 4.67. The molecule has 1 fully saturated rings. The molecule has 1 rings (SSSR count). The topological polar surface area (TPSA) is 12.0 Å². The molecule has 0 heterocycles. The van der Waals surface area contributed by atoms with Gasteiger partial charge in [0.2, 0.25) is 0 Å². The summed E-state index contributed by atoms with van der Waals surface area (Å²) in [5.41, 5.74) is 0.317. The molecule has 0 aromatic heterocycles. The van der Waals surface area contributed by atoms with Gasteiger partial charge in [-0.05, 0) is 24.7 Å². The second kappa shape index (κ2) is 5.55. The summed E-state index contributed by atoms with van der Waals surface area (Å²) in [7, 11) is 0. The van der Waals surface area contributed by atoms with E-state index in [1.54, 1.807) is 0 Å². The minimum atomic E-state index is 0.317. The molecular weight excluding hydrogens is 170 g/mol. The number of unbranched alkanes of at least 4 members (excludes halogenated alkanes) is 2. The van der Waals surface area contributed by atoms with E-state index in [1.807, 2.05) is 0 Å². The van der Waals surface area contributed by atoms with Gasteiger partial charge in [0.1, 0.15) is 0 Å². The smallest absolute Gasteiger partial charge is 0.00685 e. The molecule has 0 aliphatic heterocycles. The summed E-state index contributed by atoms with van der Waals surface area (Å²) in [6, 6.07) is 0.820. The lowest BCUT2D eigenvalue weighted by Crippen LogP contribution is -2.31. The molecule has 0 amide bonds. The van der Waals surface area contributed by atoms with Crippen LogP contribution in [0.5, 0.6) is 0 Å². The summed E-state index contributed by atoms with van der Waals surface area (Å²) in [5.74, 6) is 0. The van der Waals surface area contributed by atoms with Crippen molar-refractivity contribution >= 4 is 0 Å². The van der Waals surface area contributed by atoms with E-state index in [2.05, 4.69) is 31.8 Å². The van der Waals surface area contributed by atoms with E-state index in [4.69, 9.17) is 0 Å². The van der Waals surface area contributed by atoms with Crippen LogP contribution >= 0.6 is 0 Å². The number of hydrogen-bond acceptors (Lipinski definition) is 1. The van der Waals surface area contributed by atoms with Crippen LogP contribution in [0.4, 0.5) is 0 Å². The molecule has 0 spiro atoms. The maximum atomic E-state index is 3.97. The Morgan fingerprint density at radius 1 is 1.43 bits per heavy atom. The molecule has 0 bridgehead atoms. The molecule has 0 radical (unpaired) electrons. The summed E-state index contributed by atoms with van der Waals surface area (Å²) < 4.78 is 0. The maximum Gasteiger partial charge on any atom is 0.00685 e. The van der Waals surface area contributed by atoms with Crippen LogP contribution in [0.1, 0.15) is 52.4 Å². The van der Waals surface area contributed by atoms with Gasteiger partial charge in [-0.2, -0.15) is 0 Å². The average molecular weight is 195 g/mol. The molecule has 0 saturated heterocycles. The molecule has 1 heteroatoms. The van der Waals surface area contributed by atoms with Crippen molar-refractivity contribution in [2.45, 2.75) is 58.4 Å². The Balaban J connectivity index is 2.19. The molecule has 1 saturated carbocycles. The molecule has 82 valence electrons. The van der Waals surface area contributed by atoms with Crippen molar-refractivity contribution in [2.24, 2.45) is 5.41 Å². The van der Waals surface area contributed by atoms with Gasteiger partial charge in [-0.15, -0.1) is 6.58 Å². The first-order chi connectivity index (χ1) is 6.70. The van der Waals surface area contributed by atoms with Gasteiger partial charge in [0.05, 0.1) is 0 Å². The first kappa shape index (κ1) is 11.8. The van der Waals surface area contributed by atoms with Crippen molar-refractivity contribution in [1.82, 2.24) is 5.32 Å². The summed E-state index contributed by atoms with van der Waals surface area (Å²) in [6.07, 6.45) is 10.2.